The first-order valence-electron chi connectivity index (χ1n) is 5.59. The molecule has 3 heteroatoms. The molecule has 0 N–H and O–H groups in total. The van der Waals surface area contributed by atoms with Gasteiger partial charge in [0.25, 0.3) is 0 Å². The maximum absolute atomic E-state index is 11.3. The lowest BCUT2D eigenvalue weighted by molar-refractivity contribution is -0.254. The van der Waals surface area contributed by atoms with Gasteiger partial charge in [-0.05, 0) is 16.3 Å². The summed E-state index contributed by atoms with van der Waals surface area (Å²) < 4.78 is 5.15. The number of aromatic carboxylic acids is 1. The van der Waals surface area contributed by atoms with Crippen molar-refractivity contribution in [1.29, 1.82) is 0 Å². The molecule has 86 valence electrons. The summed E-state index contributed by atoms with van der Waals surface area (Å²) in [6.45, 7) is 0.722. The average Bonchev–Trinajstić information content (AvgIpc) is 3.12. The number of fused-ring (bicyclic) bond motifs is 1. The van der Waals surface area contributed by atoms with Gasteiger partial charge in [-0.25, -0.2) is 0 Å². The number of rotatable bonds is 3. The molecule has 1 saturated heterocycles. The highest BCUT2D eigenvalue weighted by Gasteiger charge is 2.24. The first-order chi connectivity index (χ1) is 8.25. The van der Waals surface area contributed by atoms with Gasteiger partial charge < -0.3 is 14.6 Å². The molecule has 0 aromatic heterocycles. The SMILES string of the molecule is O=C([O-])c1c(CC2CO2)ccc2ccccc12. The van der Waals surface area contributed by atoms with Gasteiger partial charge in [0.05, 0.1) is 18.7 Å². The third-order valence-electron chi connectivity index (χ3n) is 3.07. The number of ether oxygens (including phenoxy) is 1. The minimum atomic E-state index is -1.11. The Morgan fingerprint density at radius 3 is 2.76 bits per heavy atom. The van der Waals surface area contributed by atoms with Crippen molar-refractivity contribution < 1.29 is 14.6 Å². The molecule has 0 bridgehead atoms. The van der Waals surface area contributed by atoms with Crippen molar-refractivity contribution in [2.24, 2.45) is 0 Å². The second-order valence-corrected chi connectivity index (χ2v) is 4.27. The quantitative estimate of drug-likeness (QED) is 0.739. The maximum atomic E-state index is 11.3. The lowest BCUT2D eigenvalue weighted by Gasteiger charge is -2.13. The molecule has 1 unspecified atom stereocenters. The van der Waals surface area contributed by atoms with Crippen molar-refractivity contribution in [2.45, 2.75) is 12.5 Å². The van der Waals surface area contributed by atoms with E-state index in [2.05, 4.69) is 0 Å². The average molecular weight is 227 g/mol. The summed E-state index contributed by atoms with van der Waals surface area (Å²) in [7, 11) is 0. The van der Waals surface area contributed by atoms with Crippen LogP contribution >= 0.6 is 0 Å². The van der Waals surface area contributed by atoms with Crippen LogP contribution in [0.15, 0.2) is 36.4 Å². The van der Waals surface area contributed by atoms with Crippen LogP contribution in [0.4, 0.5) is 0 Å². The lowest BCUT2D eigenvalue weighted by atomic mass is 9.96. The summed E-state index contributed by atoms with van der Waals surface area (Å²) in [6.07, 6.45) is 0.822. The van der Waals surface area contributed by atoms with Crippen molar-refractivity contribution in [1.82, 2.24) is 0 Å². The zero-order valence-electron chi connectivity index (χ0n) is 9.18. The summed E-state index contributed by atoms with van der Waals surface area (Å²) in [5.41, 5.74) is 1.10. The Kier molecular flexibility index (Phi) is 2.34. The van der Waals surface area contributed by atoms with Gasteiger partial charge in [0.15, 0.2) is 0 Å². The van der Waals surface area contributed by atoms with Crippen LogP contribution in [0.2, 0.25) is 0 Å². The summed E-state index contributed by atoms with van der Waals surface area (Å²) in [5, 5.41) is 13.0. The molecular weight excluding hydrogens is 216 g/mol. The molecule has 3 rings (SSSR count). The van der Waals surface area contributed by atoms with E-state index in [0.29, 0.717) is 12.0 Å². The van der Waals surface area contributed by atoms with E-state index >= 15 is 0 Å². The van der Waals surface area contributed by atoms with Crippen LogP contribution in [0, 0.1) is 0 Å². The molecule has 1 aliphatic rings. The van der Waals surface area contributed by atoms with E-state index in [0.717, 1.165) is 22.9 Å². The summed E-state index contributed by atoms with van der Waals surface area (Å²) in [6, 6.07) is 11.3. The van der Waals surface area contributed by atoms with E-state index < -0.39 is 5.97 Å². The molecule has 3 nitrogen and oxygen atoms in total. The normalized spacial score (nSPS) is 18.2. The molecule has 0 amide bonds. The van der Waals surface area contributed by atoms with Gasteiger partial charge in [0.2, 0.25) is 0 Å². The Labute approximate surface area is 98.6 Å². The molecule has 1 fully saturated rings. The molecule has 2 aromatic carbocycles. The van der Waals surface area contributed by atoms with Crippen LogP contribution < -0.4 is 5.11 Å². The summed E-state index contributed by atoms with van der Waals surface area (Å²) in [5.74, 6) is -1.11. The second-order valence-electron chi connectivity index (χ2n) is 4.27. The van der Waals surface area contributed by atoms with E-state index in [1.54, 1.807) is 0 Å². The Hall–Kier alpha value is -1.87. The Morgan fingerprint density at radius 1 is 1.29 bits per heavy atom. The second kappa shape index (κ2) is 3.86. The molecule has 1 aliphatic heterocycles. The van der Waals surface area contributed by atoms with Crippen LogP contribution in [-0.2, 0) is 11.2 Å². The van der Waals surface area contributed by atoms with E-state index in [4.69, 9.17) is 4.74 Å². The van der Waals surface area contributed by atoms with Gasteiger partial charge in [0.1, 0.15) is 0 Å². The molecule has 17 heavy (non-hydrogen) atoms. The predicted octanol–water partition coefficient (Wildman–Crippen LogP) is 1.14. The van der Waals surface area contributed by atoms with Crippen LogP contribution in [0.25, 0.3) is 10.8 Å². The number of hydrogen-bond donors (Lipinski definition) is 0. The maximum Gasteiger partial charge on any atom is 0.0850 e. The Morgan fingerprint density at radius 2 is 2.06 bits per heavy atom. The fourth-order valence-corrected chi connectivity index (χ4v) is 2.16. The number of carboxylic acids is 1. The van der Waals surface area contributed by atoms with Crippen molar-refractivity contribution in [3.8, 4) is 0 Å². The summed E-state index contributed by atoms with van der Waals surface area (Å²) >= 11 is 0. The van der Waals surface area contributed by atoms with E-state index in [-0.39, 0.29) is 6.10 Å². The third-order valence-corrected chi connectivity index (χ3v) is 3.07. The first-order valence-corrected chi connectivity index (χ1v) is 5.59. The number of hydrogen-bond acceptors (Lipinski definition) is 3. The number of carboxylic acid groups (broad SMARTS) is 1. The molecule has 0 radical (unpaired) electrons. The molecule has 0 saturated carbocycles. The zero-order valence-corrected chi connectivity index (χ0v) is 9.18. The fourth-order valence-electron chi connectivity index (χ4n) is 2.16. The fraction of sp³-hybridized carbons (Fsp3) is 0.214. The van der Waals surface area contributed by atoms with Gasteiger partial charge in [-0.15, -0.1) is 0 Å². The minimum absolute atomic E-state index is 0.175. The van der Waals surface area contributed by atoms with E-state index in [9.17, 15) is 9.90 Å². The number of benzene rings is 2. The topological polar surface area (TPSA) is 52.7 Å². The minimum Gasteiger partial charge on any atom is -0.545 e. The van der Waals surface area contributed by atoms with Gasteiger partial charge in [0, 0.05) is 12.0 Å². The van der Waals surface area contributed by atoms with Gasteiger partial charge in [-0.1, -0.05) is 36.4 Å². The number of carbonyl (C=O) groups excluding carboxylic acids is 1. The predicted molar refractivity (Wildman–Crippen MR) is 61.7 cm³/mol. The number of epoxide rings is 1. The van der Waals surface area contributed by atoms with E-state index in [1.165, 1.54) is 0 Å². The van der Waals surface area contributed by atoms with Gasteiger partial charge in [-0.2, -0.15) is 0 Å². The third kappa shape index (κ3) is 1.89. The largest absolute Gasteiger partial charge is 0.545 e. The Balaban J connectivity index is 2.20. The van der Waals surface area contributed by atoms with Gasteiger partial charge in [-0.3, -0.25) is 0 Å². The van der Waals surface area contributed by atoms with Crippen LogP contribution in [0.1, 0.15) is 15.9 Å². The van der Waals surface area contributed by atoms with Crippen LogP contribution in [-0.4, -0.2) is 18.7 Å². The Bertz CT molecular complexity index is 585. The van der Waals surface area contributed by atoms with Crippen molar-refractivity contribution >= 4 is 16.7 Å². The molecule has 2 aromatic rings. The van der Waals surface area contributed by atoms with E-state index in [1.807, 2.05) is 36.4 Å². The lowest BCUT2D eigenvalue weighted by Crippen LogP contribution is -2.24. The van der Waals surface area contributed by atoms with Crippen molar-refractivity contribution in [3.05, 3.63) is 47.5 Å². The zero-order chi connectivity index (χ0) is 11.8. The molecular formula is C14H11O3-. The molecule has 0 spiro atoms. The summed E-state index contributed by atoms with van der Waals surface area (Å²) in [4.78, 5) is 11.3. The smallest absolute Gasteiger partial charge is 0.0850 e. The van der Waals surface area contributed by atoms with Crippen molar-refractivity contribution in [2.75, 3.05) is 6.61 Å². The molecule has 0 aliphatic carbocycles. The monoisotopic (exact) mass is 227 g/mol. The highest BCUT2D eigenvalue weighted by Crippen LogP contribution is 2.25. The molecule has 1 atom stereocenters. The van der Waals surface area contributed by atoms with Crippen LogP contribution in [0.5, 0.6) is 0 Å². The highest BCUT2D eigenvalue weighted by atomic mass is 16.6. The first kappa shape index (κ1) is 10.3. The van der Waals surface area contributed by atoms with Gasteiger partial charge >= 0.3 is 0 Å². The highest BCUT2D eigenvalue weighted by molar-refractivity contribution is 6.04. The standard InChI is InChI=1S/C14H12O3/c15-14(16)13-10(7-11-8-17-11)6-5-9-3-1-2-4-12(9)13/h1-6,11H,7-8H2,(H,15,16)/p-1. The van der Waals surface area contributed by atoms with Crippen molar-refractivity contribution in [3.63, 3.8) is 0 Å². The van der Waals surface area contributed by atoms with Crippen LogP contribution in [0.3, 0.4) is 0 Å². The molecule has 1 heterocycles. The number of carbonyl (C=O) groups is 1.